The smallest absolute Gasteiger partial charge is 0.211 e. The lowest BCUT2D eigenvalue weighted by atomic mass is 10.1. The number of benzene rings is 7. The van der Waals surface area contributed by atoms with Crippen LogP contribution >= 0.6 is 11.3 Å². The first kappa shape index (κ1) is 28.3. The fraction of sp³-hybridized carbons (Fsp3) is 0.0222. The number of nitrogens with zero attached hydrogens (tertiary/aromatic N) is 4. The van der Waals surface area contributed by atoms with E-state index in [9.17, 15) is 0 Å². The second kappa shape index (κ2) is 11.0. The Hall–Kier alpha value is -6.50. The van der Waals surface area contributed by atoms with Crippen LogP contribution in [0.1, 0.15) is 17.3 Å². The first-order valence-corrected chi connectivity index (χ1v) is 18.0. The Bertz CT molecular complexity index is 3000. The van der Waals surface area contributed by atoms with E-state index in [4.69, 9.17) is 9.98 Å². The quantitative estimate of drug-likeness (QED) is 0.200. The summed E-state index contributed by atoms with van der Waals surface area (Å²) < 4.78 is 7.15. The molecule has 0 aliphatic carbocycles. The largest absolute Gasteiger partial charge is 0.310 e. The summed E-state index contributed by atoms with van der Waals surface area (Å²) in [5.74, 6) is 1.56. The monoisotopic (exact) mass is 671 g/mol. The van der Waals surface area contributed by atoms with Gasteiger partial charge in [0.2, 0.25) is 5.96 Å². The van der Waals surface area contributed by atoms with Crippen molar-refractivity contribution in [3.63, 3.8) is 0 Å². The van der Waals surface area contributed by atoms with E-state index in [-0.39, 0.29) is 0 Å². The normalized spacial score (nSPS) is 14.9. The topological polar surface area (TPSA) is 46.6 Å². The lowest BCUT2D eigenvalue weighted by molar-refractivity contribution is 0.752. The molecule has 4 heterocycles. The van der Waals surface area contributed by atoms with Crippen LogP contribution in [0.3, 0.4) is 0 Å². The standard InChI is InChI=1S/C45H29N5S/c1-3-14-28(15-4-1)43-46-44(48-45(47-43)50-38-24-11-7-18-30(38)31-19-8-12-25-39(31)50)36-22-13-21-34-35-27-26-33-32-20-9-10-23-37(32)49(29-16-5-2-6-17-29)40(33)42(35)51-41(34)36/h1-27,44H,(H,46,47,48). The number of aromatic nitrogens is 2. The molecule has 1 N–H and O–H groups in total. The Labute approximate surface area is 297 Å². The summed E-state index contributed by atoms with van der Waals surface area (Å²) in [5.41, 5.74) is 7.93. The van der Waals surface area contributed by atoms with Crippen LogP contribution in [0.15, 0.2) is 174 Å². The summed E-state index contributed by atoms with van der Waals surface area (Å²) in [5, 5.41) is 11.0. The SMILES string of the molecule is c1ccc(C2=NC(c3cccc4c3sc3c4ccc4c5ccccc5n(-c5ccccc5)c43)N=C(n3c4ccccc4c4ccccc43)N2)cc1. The number of amidine groups is 1. The van der Waals surface area contributed by atoms with E-state index in [0.717, 1.165) is 39.6 Å². The van der Waals surface area contributed by atoms with E-state index < -0.39 is 6.17 Å². The molecule has 1 unspecified atom stereocenters. The molecule has 1 aliphatic rings. The molecule has 6 heteroatoms. The Morgan fingerprint density at radius 1 is 0.451 bits per heavy atom. The Morgan fingerprint density at radius 2 is 1.00 bits per heavy atom. The van der Waals surface area contributed by atoms with Crippen LogP contribution in [0.2, 0.25) is 0 Å². The van der Waals surface area contributed by atoms with Gasteiger partial charge in [0.25, 0.3) is 0 Å². The lowest BCUT2D eigenvalue weighted by Crippen LogP contribution is -2.39. The van der Waals surface area contributed by atoms with Gasteiger partial charge in [-0.25, -0.2) is 9.98 Å². The van der Waals surface area contributed by atoms with Crippen molar-refractivity contribution < 1.29 is 0 Å². The van der Waals surface area contributed by atoms with Crippen molar-refractivity contribution in [2.24, 2.45) is 9.98 Å². The van der Waals surface area contributed by atoms with Gasteiger partial charge in [-0.1, -0.05) is 133 Å². The van der Waals surface area contributed by atoms with Crippen molar-refractivity contribution in [3.05, 3.63) is 175 Å². The third kappa shape index (κ3) is 4.20. The van der Waals surface area contributed by atoms with E-state index in [1.165, 1.54) is 52.8 Å². The van der Waals surface area contributed by atoms with Gasteiger partial charge < -0.3 is 9.88 Å². The molecule has 1 atom stereocenters. The number of nitrogens with one attached hydrogen (secondary N) is 1. The van der Waals surface area contributed by atoms with Gasteiger partial charge in [0.05, 0.1) is 26.8 Å². The van der Waals surface area contributed by atoms with E-state index in [1.54, 1.807) is 0 Å². The maximum atomic E-state index is 5.44. The molecule has 0 saturated carbocycles. The molecular formula is C45H29N5S. The van der Waals surface area contributed by atoms with Gasteiger partial charge in [-0.15, -0.1) is 11.3 Å². The zero-order valence-electron chi connectivity index (χ0n) is 27.4. The Balaban J connectivity index is 1.19. The van der Waals surface area contributed by atoms with Gasteiger partial charge in [-0.2, -0.15) is 0 Å². The van der Waals surface area contributed by atoms with Gasteiger partial charge >= 0.3 is 0 Å². The van der Waals surface area contributed by atoms with Gasteiger partial charge in [-0.05, 0) is 30.3 Å². The molecule has 0 spiro atoms. The van der Waals surface area contributed by atoms with E-state index >= 15 is 0 Å². The number of aliphatic imine (C=N–C) groups is 2. The number of hydrogen-bond donors (Lipinski definition) is 1. The number of hydrogen-bond acceptors (Lipinski definition) is 4. The summed E-state index contributed by atoms with van der Waals surface area (Å²) >= 11 is 1.85. The van der Waals surface area contributed by atoms with Crippen LogP contribution in [0.4, 0.5) is 0 Å². The van der Waals surface area contributed by atoms with Crippen molar-refractivity contribution >= 4 is 86.9 Å². The molecule has 7 aromatic carbocycles. The van der Waals surface area contributed by atoms with Crippen LogP contribution in [-0.4, -0.2) is 20.9 Å². The van der Waals surface area contributed by atoms with Gasteiger partial charge in [0, 0.05) is 53.8 Å². The molecule has 0 fully saturated rings. The zero-order valence-corrected chi connectivity index (χ0v) is 28.2. The second-order valence-electron chi connectivity index (χ2n) is 13.0. The molecule has 3 aromatic heterocycles. The van der Waals surface area contributed by atoms with E-state index in [1.807, 2.05) is 17.4 Å². The third-order valence-electron chi connectivity index (χ3n) is 10.2. The molecule has 51 heavy (non-hydrogen) atoms. The summed E-state index contributed by atoms with van der Waals surface area (Å²) in [4.78, 5) is 10.8. The third-order valence-corrected chi connectivity index (χ3v) is 11.5. The second-order valence-corrected chi connectivity index (χ2v) is 14.0. The van der Waals surface area contributed by atoms with E-state index in [0.29, 0.717) is 0 Å². The molecule has 0 saturated heterocycles. The Kier molecular flexibility index (Phi) is 6.12. The molecule has 0 bridgehead atoms. The number of thiophene rings is 1. The minimum atomic E-state index is -0.455. The molecule has 0 amide bonds. The Morgan fingerprint density at radius 3 is 1.71 bits per heavy atom. The highest BCUT2D eigenvalue weighted by molar-refractivity contribution is 7.26. The number of fused-ring (bicyclic) bond motifs is 10. The van der Waals surface area contributed by atoms with Crippen LogP contribution in [-0.2, 0) is 0 Å². The molecule has 0 radical (unpaired) electrons. The summed E-state index contributed by atoms with van der Waals surface area (Å²) in [6.45, 7) is 0. The summed E-state index contributed by atoms with van der Waals surface area (Å²) in [6, 6.07) is 58.2. The van der Waals surface area contributed by atoms with Gasteiger partial charge in [0.1, 0.15) is 5.84 Å². The first-order valence-electron chi connectivity index (χ1n) is 17.2. The fourth-order valence-corrected chi connectivity index (χ4v) is 9.33. The van der Waals surface area contributed by atoms with Crippen molar-refractivity contribution in [2.45, 2.75) is 6.17 Å². The van der Waals surface area contributed by atoms with Gasteiger partial charge in [0.15, 0.2) is 6.17 Å². The van der Waals surface area contributed by atoms with Crippen LogP contribution < -0.4 is 5.32 Å². The zero-order chi connectivity index (χ0) is 33.5. The predicted octanol–water partition coefficient (Wildman–Crippen LogP) is 11.2. The minimum Gasteiger partial charge on any atom is -0.310 e. The van der Waals surface area contributed by atoms with Crippen molar-refractivity contribution in [3.8, 4) is 5.69 Å². The molecular weight excluding hydrogens is 643 g/mol. The number of rotatable bonds is 3. The highest BCUT2D eigenvalue weighted by atomic mass is 32.1. The van der Waals surface area contributed by atoms with Crippen LogP contribution in [0, 0.1) is 0 Å². The minimum absolute atomic E-state index is 0.455. The molecule has 11 rings (SSSR count). The van der Waals surface area contributed by atoms with Crippen molar-refractivity contribution in [1.29, 1.82) is 0 Å². The van der Waals surface area contributed by atoms with Crippen LogP contribution in [0.25, 0.3) is 69.5 Å². The number of para-hydroxylation sites is 4. The molecule has 10 aromatic rings. The van der Waals surface area contributed by atoms with Crippen molar-refractivity contribution in [2.75, 3.05) is 0 Å². The maximum absolute atomic E-state index is 5.44. The molecule has 240 valence electrons. The first-order chi connectivity index (χ1) is 25.3. The van der Waals surface area contributed by atoms with E-state index in [2.05, 4.69) is 172 Å². The van der Waals surface area contributed by atoms with Gasteiger partial charge in [-0.3, -0.25) is 4.57 Å². The average molecular weight is 672 g/mol. The lowest BCUT2D eigenvalue weighted by Gasteiger charge is -2.23. The highest BCUT2D eigenvalue weighted by Crippen LogP contribution is 2.45. The molecule has 1 aliphatic heterocycles. The summed E-state index contributed by atoms with van der Waals surface area (Å²) in [6.07, 6.45) is -0.455. The average Bonchev–Trinajstić information content (AvgIpc) is 3.86. The summed E-state index contributed by atoms with van der Waals surface area (Å²) in [7, 11) is 0. The fourth-order valence-electron chi connectivity index (χ4n) is 7.96. The molecule has 5 nitrogen and oxygen atoms in total. The van der Waals surface area contributed by atoms with Crippen molar-refractivity contribution in [1.82, 2.24) is 14.5 Å². The highest BCUT2D eigenvalue weighted by Gasteiger charge is 2.26. The predicted molar refractivity (Wildman–Crippen MR) is 215 cm³/mol. The van der Waals surface area contributed by atoms with Crippen LogP contribution in [0.5, 0.6) is 0 Å². The maximum Gasteiger partial charge on any atom is 0.211 e.